The Morgan fingerprint density at radius 1 is 1.15 bits per heavy atom. The van der Waals surface area contributed by atoms with E-state index in [2.05, 4.69) is 17.0 Å². The molecule has 1 heterocycles. The highest BCUT2D eigenvalue weighted by molar-refractivity contribution is 5.49. The van der Waals surface area contributed by atoms with Gasteiger partial charge >= 0.3 is 0 Å². The second-order valence-corrected chi connectivity index (χ2v) is 5.92. The van der Waals surface area contributed by atoms with E-state index in [1.807, 2.05) is 12.1 Å². The molecule has 1 saturated carbocycles. The van der Waals surface area contributed by atoms with Crippen LogP contribution in [0.5, 0.6) is 5.75 Å². The molecule has 2 aliphatic rings. The van der Waals surface area contributed by atoms with E-state index >= 15 is 0 Å². The first kappa shape index (κ1) is 13.7. The second-order valence-electron chi connectivity index (χ2n) is 5.92. The molecule has 2 fully saturated rings. The van der Waals surface area contributed by atoms with Gasteiger partial charge in [-0.1, -0.05) is 0 Å². The van der Waals surface area contributed by atoms with Crippen molar-refractivity contribution in [2.45, 2.75) is 31.7 Å². The molecule has 0 radical (unpaired) electrons. The van der Waals surface area contributed by atoms with Crippen molar-refractivity contribution in [2.75, 3.05) is 31.4 Å². The SMILES string of the molecule is NC1CCCN(c2ccc(OCOCC3CC3)cc2)C1. The molecule has 1 saturated heterocycles. The van der Waals surface area contributed by atoms with Gasteiger partial charge < -0.3 is 20.1 Å². The minimum absolute atomic E-state index is 0.301. The summed E-state index contributed by atoms with van der Waals surface area (Å²) in [5.41, 5.74) is 7.25. The van der Waals surface area contributed by atoms with Gasteiger partial charge in [0.25, 0.3) is 0 Å². The number of hydrogen-bond acceptors (Lipinski definition) is 4. The van der Waals surface area contributed by atoms with Gasteiger partial charge in [0.2, 0.25) is 0 Å². The van der Waals surface area contributed by atoms with Crippen LogP contribution in [0.1, 0.15) is 25.7 Å². The molecule has 3 rings (SSSR count). The lowest BCUT2D eigenvalue weighted by atomic mass is 10.1. The summed E-state index contributed by atoms with van der Waals surface area (Å²) in [4.78, 5) is 2.35. The van der Waals surface area contributed by atoms with Crippen molar-refractivity contribution in [3.8, 4) is 5.75 Å². The summed E-state index contributed by atoms with van der Waals surface area (Å²) in [5, 5.41) is 0. The number of piperidine rings is 1. The molecule has 1 aromatic carbocycles. The van der Waals surface area contributed by atoms with Crippen molar-refractivity contribution < 1.29 is 9.47 Å². The van der Waals surface area contributed by atoms with Gasteiger partial charge in [-0.25, -0.2) is 0 Å². The fourth-order valence-electron chi connectivity index (χ4n) is 2.61. The van der Waals surface area contributed by atoms with Gasteiger partial charge in [0.1, 0.15) is 5.75 Å². The van der Waals surface area contributed by atoms with Crippen LogP contribution in [-0.2, 0) is 4.74 Å². The van der Waals surface area contributed by atoms with Gasteiger partial charge in [-0.15, -0.1) is 0 Å². The van der Waals surface area contributed by atoms with Crippen LogP contribution in [0.2, 0.25) is 0 Å². The third-order valence-corrected chi connectivity index (χ3v) is 4.02. The van der Waals surface area contributed by atoms with Gasteiger partial charge in [-0.2, -0.15) is 0 Å². The topological polar surface area (TPSA) is 47.7 Å². The lowest BCUT2D eigenvalue weighted by molar-refractivity contribution is 0.00999. The van der Waals surface area contributed by atoms with Crippen LogP contribution in [-0.4, -0.2) is 32.5 Å². The van der Waals surface area contributed by atoms with Crippen LogP contribution in [0, 0.1) is 5.92 Å². The van der Waals surface area contributed by atoms with Gasteiger partial charge in [-0.3, -0.25) is 0 Å². The van der Waals surface area contributed by atoms with E-state index in [9.17, 15) is 0 Å². The Labute approximate surface area is 120 Å². The van der Waals surface area contributed by atoms with E-state index in [4.69, 9.17) is 15.2 Å². The number of anilines is 1. The van der Waals surface area contributed by atoms with Crippen molar-refractivity contribution in [1.29, 1.82) is 0 Å². The van der Waals surface area contributed by atoms with E-state index in [-0.39, 0.29) is 0 Å². The molecule has 2 N–H and O–H groups in total. The summed E-state index contributed by atoms with van der Waals surface area (Å²) in [6, 6.07) is 8.53. The fraction of sp³-hybridized carbons (Fsp3) is 0.625. The van der Waals surface area contributed by atoms with Crippen molar-refractivity contribution in [2.24, 2.45) is 11.7 Å². The molecule has 0 aromatic heterocycles. The number of hydrogen-bond donors (Lipinski definition) is 1. The normalized spacial score (nSPS) is 22.9. The zero-order valence-corrected chi connectivity index (χ0v) is 12.0. The Bertz CT molecular complexity index is 417. The summed E-state index contributed by atoms with van der Waals surface area (Å²) in [5.74, 6) is 1.65. The quantitative estimate of drug-likeness (QED) is 0.640. The van der Waals surface area contributed by atoms with Crippen LogP contribution in [0.3, 0.4) is 0 Å². The molecule has 1 unspecified atom stereocenters. The molecule has 1 aromatic rings. The number of ether oxygens (including phenoxy) is 2. The molecule has 0 amide bonds. The Morgan fingerprint density at radius 3 is 2.65 bits per heavy atom. The fourth-order valence-corrected chi connectivity index (χ4v) is 2.61. The molecular weight excluding hydrogens is 252 g/mol. The van der Waals surface area contributed by atoms with Crippen molar-refractivity contribution in [3.63, 3.8) is 0 Å². The molecule has 110 valence electrons. The van der Waals surface area contributed by atoms with E-state index in [0.717, 1.165) is 37.8 Å². The monoisotopic (exact) mass is 276 g/mol. The van der Waals surface area contributed by atoms with Gasteiger partial charge in [0, 0.05) is 24.8 Å². The number of nitrogens with zero attached hydrogens (tertiary/aromatic N) is 1. The highest BCUT2D eigenvalue weighted by atomic mass is 16.7. The Morgan fingerprint density at radius 2 is 1.95 bits per heavy atom. The molecule has 1 atom stereocenters. The highest BCUT2D eigenvalue weighted by Gasteiger charge is 2.21. The van der Waals surface area contributed by atoms with Crippen LogP contribution >= 0.6 is 0 Å². The standard InChI is InChI=1S/C16H24N2O2/c17-14-2-1-9-18(10-14)15-5-7-16(8-6-15)20-12-19-11-13-3-4-13/h5-8,13-14H,1-4,9-12,17H2. The maximum atomic E-state index is 6.02. The van der Waals surface area contributed by atoms with Crippen LogP contribution in [0.15, 0.2) is 24.3 Å². The predicted molar refractivity (Wildman–Crippen MR) is 80.0 cm³/mol. The second kappa shape index (κ2) is 6.46. The lowest BCUT2D eigenvalue weighted by Gasteiger charge is -2.32. The Balaban J connectivity index is 1.46. The molecule has 0 spiro atoms. The molecule has 4 nitrogen and oxygen atoms in total. The van der Waals surface area contributed by atoms with Gasteiger partial charge in [0.05, 0.1) is 6.61 Å². The summed E-state index contributed by atoms with van der Waals surface area (Å²) < 4.78 is 11.1. The minimum atomic E-state index is 0.301. The van der Waals surface area contributed by atoms with Gasteiger partial charge in [0.15, 0.2) is 6.79 Å². The van der Waals surface area contributed by atoms with Crippen LogP contribution < -0.4 is 15.4 Å². The Hall–Kier alpha value is -1.26. The molecule has 1 aliphatic carbocycles. The average Bonchev–Trinajstić information content (AvgIpc) is 3.28. The smallest absolute Gasteiger partial charge is 0.189 e. The van der Waals surface area contributed by atoms with E-state index < -0.39 is 0 Å². The van der Waals surface area contributed by atoms with Crippen molar-refractivity contribution in [1.82, 2.24) is 0 Å². The number of rotatable bonds is 6. The lowest BCUT2D eigenvalue weighted by Crippen LogP contribution is -2.42. The molecule has 0 bridgehead atoms. The van der Waals surface area contributed by atoms with Crippen LogP contribution in [0.25, 0.3) is 0 Å². The van der Waals surface area contributed by atoms with E-state index in [1.165, 1.54) is 24.9 Å². The number of benzene rings is 1. The van der Waals surface area contributed by atoms with E-state index in [1.54, 1.807) is 0 Å². The van der Waals surface area contributed by atoms with Gasteiger partial charge in [-0.05, 0) is 55.9 Å². The molecule has 4 heteroatoms. The van der Waals surface area contributed by atoms with Crippen molar-refractivity contribution in [3.05, 3.63) is 24.3 Å². The largest absolute Gasteiger partial charge is 0.468 e. The summed E-state index contributed by atoms with van der Waals surface area (Å²) >= 11 is 0. The summed E-state index contributed by atoms with van der Waals surface area (Å²) in [7, 11) is 0. The maximum Gasteiger partial charge on any atom is 0.189 e. The minimum Gasteiger partial charge on any atom is -0.468 e. The maximum absolute atomic E-state index is 6.02. The van der Waals surface area contributed by atoms with Crippen molar-refractivity contribution >= 4 is 5.69 Å². The summed E-state index contributed by atoms with van der Waals surface area (Å²) in [6.07, 6.45) is 4.93. The first-order valence-electron chi connectivity index (χ1n) is 7.62. The number of nitrogens with two attached hydrogens (primary N) is 1. The average molecular weight is 276 g/mol. The first-order chi connectivity index (χ1) is 9.81. The van der Waals surface area contributed by atoms with Crippen LogP contribution in [0.4, 0.5) is 5.69 Å². The zero-order valence-electron chi connectivity index (χ0n) is 12.0. The molecule has 1 aliphatic heterocycles. The third-order valence-electron chi connectivity index (χ3n) is 4.02. The first-order valence-corrected chi connectivity index (χ1v) is 7.62. The molecular formula is C16H24N2O2. The summed E-state index contributed by atoms with van der Waals surface area (Å²) in [6.45, 7) is 3.23. The molecule has 20 heavy (non-hydrogen) atoms. The predicted octanol–water partition coefficient (Wildman–Crippen LogP) is 2.38. The van der Waals surface area contributed by atoms with E-state index in [0.29, 0.717) is 12.8 Å². The Kier molecular flexibility index (Phi) is 4.43. The third kappa shape index (κ3) is 3.87. The zero-order chi connectivity index (χ0) is 13.8. The highest BCUT2D eigenvalue weighted by Crippen LogP contribution is 2.28.